The van der Waals surface area contributed by atoms with Crippen LogP contribution in [-0.4, -0.2) is 18.2 Å². The van der Waals surface area contributed by atoms with E-state index in [2.05, 4.69) is 31.1 Å². The summed E-state index contributed by atoms with van der Waals surface area (Å²) in [4.78, 5) is 0. The number of hydrogen-bond acceptors (Lipinski definition) is 1. The molecule has 0 saturated carbocycles. The van der Waals surface area contributed by atoms with Gasteiger partial charge in [-0.2, -0.15) is 0 Å². The summed E-state index contributed by atoms with van der Waals surface area (Å²) in [6.45, 7) is 0. The molecule has 1 aromatic heterocycles. The van der Waals surface area contributed by atoms with Crippen molar-refractivity contribution in [3.05, 3.63) is 30.5 Å². The zero-order valence-electron chi connectivity index (χ0n) is 5.88. The first-order valence-corrected chi connectivity index (χ1v) is 8.03. The third kappa shape index (κ3) is 1.32. The molecular formula is C8H5BrMgO. The van der Waals surface area contributed by atoms with Gasteiger partial charge in [0.05, 0.1) is 6.26 Å². The predicted octanol–water partition coefficient (Wildman–Crippen LogP) is 2.07. The topological polar surface area (TPSA) is 13.1 Å². The van der Waals surface area contributed by atoms with Gasteiger partial charge >= 0.3 is 18.2 Å². The molecule has 0 aliphatic carbocycles. The van der Waals surface area contributed by atoms with E-state index in [9.17, 15) is 0 Å². The average Bonchev–Trinajstić information content (AvgIpc) is 2.50. The van der Waals surface area contributed by atoms with Gasteiger partial charge in [-0.15, -0.1) is 3.69 Å². The lowest BCUT2D eigenvalue weighted by Crippen LogP contribution is -2.07. The maximum atomic E-state index is 5.34. The Morgan fingerprint density at radius 3 is 3.00 bits per heavy atom. The second-order valence-electron chi connectivity index (χ2n) is 2.39. The molecule has 2 rings (SSSR count). The Labute approximate surface area is 80.4 Å². The van der Waals surface area contributed by atoms with Crippen LogP contribution >= 0.6 is 12.9 Å². The molecule has 0 aliphatic heterocycles. The maximum absolute atomic E-state index is 5.34. The van der Waals surface area contributed by atoms with E-state index in [1.54, 1.807) is 6.26 Å². The number of hydrogen-bond donors (Lipinski definition) is 0. The van der Waals surface area contributed by atoms with Crippen LogP contribution in [0.4, 0.5) is 0 Å². The fourth-order valence-electron chi connectivity index (χ4n) is 1.16. The molecule has 0 unspecified atom stereocenters. The summed E-state index contributed by atoms with van der Waals surface area (Å²) in [6, 6.07) is 8.25. The Morgan fingerprint density at radius 2 is 2.18 bits per heavy atom. The van der Waals surface area contributed by atoms with Gasteiger partial charge in [-0.3, -0.25) is 12.9 Å². The van der Waals surface area contributed by atoms with Crippen LogP contribution < -0.4 is 3.69 Å². The Balaban J connectivity index is 2.79. The Bertz CT molecular complexity index is 369. The molecule has 0 radical (unpaired) electrons. The number of furan rings is 1. The lowest BCUT2D eigenvalue weighted by atomic mass is 10.3. The first-order valence-electron chi connectivity index (χ1n) is 3.43. The Kier molecular flexibility index (Phi) is 2.20. The minimum atomic E-state index is -0.283. The molecule has 0 saturated heterocycles. The molecule has 2 aromatic rings. The summed E-state index contributed by atoms with van der Waals surface area (Å²) < 4.78 is 6.68. The minimum Gasteiger partial charge on any atom is -0.467 e. The molecule has 0 atom stereocenters. The maximum Gasteiger partial charge on any atom is 0.512 e. The number of halogens is 1. The van der Waals surface area contributed by atoms with E-state index in [1.807, 2.05) is 6.07 Å². The fraction of sp³-hybridized carbons (Fsp3) is 0. The molecule has 1 aromatic carbocycles. The van der Waals surface area contributed by atoms with Gasteiger partial charge in [0.15, 0.2) is 0 Å². The normalized spacial score (nSPS) is 9.91. The highest BCUT2D eigenvalue weighted by atomic mass is 79.9. The van der Waals surface area contributed by atoms with Gasteiger partial charge < -0.3 is 4.42 Å². The van der Waals surface area contributed by atoms with Crippen LogP contribution in [0, 0.1) is 0 Å². The first kappa shape index (κ1) is 7.64. The monoisotopic (exact) mass is 220 g/mol. The quantitative estimate of drug-likeness (QED) is 0.672. The molecule has 0 fully saturated rings. The van der Waals surface area contributed by atoms with Crippen molar-refractivity contribution in [3.63, 3.8) is 0 Å². The number of fused-ring (bicyclic) bond motifs is 1. The SMILES string of the molecule is [Br][Mg][c]1cccc2ccoc12. The van der Waals surface area contributed by atoms with E-state index in [1.165, 1.54) is 9.08 Å². The number of benzene rings is 1. The highest BCUT2D eigenvalue weighted by Crippen LogP contribution is 2.11. The van der Waals surface area contributed by atoms with Crippen molar-refractivity contribution in [2.75, 3.05) is 0 Å². The Hall–Kier alpha value is 0.00623. The Morgan fingerprint density at radius 1 is 1.27 bits per heavy atom. The van der Waals surface area contributed by atoms with E-state index < -0.39 is 0 Å². The number of rotatable bonds is 1. The van der Waals surface area contributed by atoms with Crippen molar-refractivity contribution in [1.82, 2.24) is 0 Å². The highest BCUT2D eigenvalue weighted by Gasteiger charge is 2.02. The molecule has 0 aliphatic rings. The number of para-hydroxylation sites is 1. The van der Waals surface area contributed by atoms with Gasteiger partial charge in [0.1, 0.15) is 5.58 Å². The average molecular weight is 221 g/mol. The summed E-state index contributed by atoms with van der Waals surface area (Å²) in [6.07, 6.45) is 1.74. The largest absolute Gasteiger partial charge is 0.512 e. The smallest absolute Gasteiger partial charge is 0.467 e. The molecule has 52 valence electrons. The molecular weight excluding hydrogens is 216 g/mol. The van der Waals surface area contributed by atoms with Crippen molar-refractivity contribution in [3.8, 4) is 0 Å². The lowest BCUT2D eigenvalue weighted by Gasteiger charge is -1.94. The third-order valence-electron chi connectivity index (χ3n) is 1.70. The van der Waals surface area contributed by atoms with Crippen LogP contribution in [0.5, 0.6) is 0 Å². The molecule has 1 heterocycles. The van der Waals surface area contributed by atoms with E-state index in [0.29, 0.717) is 0 Å². The molecule has 0 spiro atoms. The van der Waals surface area contributed by atoms with Crippen LogP contribution in [-0.2, 0) is 0 Å². The first-order chi connectivity index (χ1) is 5.42. The molecule has 0 N–H and O–H groups in total. The van der Waals surface area contributed by atoms with Gasteiger partial charge in [0, 0.05) is 5.39 Å². The predicted molar refractivity (Wildman–Crippen MR) is 50.5 cm³/mol. The third-order valence-corrected chi connectivity index (χ3v) is 4.36. The minimum absolute atomic E-state index is 0.283. The van der Waals surface area contributed by atoms with Crippen molar-refractivity contribution in [1.29, 1.82) is 0 Å². The van der Waals surface area contributed by atoms with Crippen LogP contribution in [0.3, 0.4) is 0 Å². The summed E-state index contributed by atoms with van der Waals surface area (Å²) in [7, 11) is 0. The van der Waals surface area contributed by atoms with Crippen molar-refractivity contribution >= 4 is 45.7 Å². The molecule has 0 amide bonds. The second kappa shape index (κ2) is 3.17. The van der Waals surface area contributed by atoms with Gasteiger partial charge in [-0.05, 0) is 6.07 Å². The molecule has 1 nitrogen and oxygen atoms in total. The zero-order chi connectivity index (χ0) is 7.68. The summed E-state index contributed by atoms with van der Waals surface area (Å²) in [5.41, 5.74) is 1.05. The summed E-state index contributed by atoms with van der Waals surface area (Å²) in [5.74, 6) is 0. The van der Waals surface area contributed by atoms with Gasteiger partial charge in [-0.1, -0.05) is 18.2 Å². The van der Waals surface area contributed by atoms with Crippen molar-refractivity contribution in [2.24, 2.45) is 0 Å². The van der Waals surface area contributed by atoms with Crippen molar-refractivity contribution < 1.29 is 4.42 Å². The van der Waals surface area contributed by atoms with E-state index in [4.69, 9.17) is 4.42 Å². The second-order valence-corrected chi connectivity index (χ2v) is 5.10. The molecule has 0 bridgehead atoms. The molecule has 11 heavy (non-hydrogen) atoms. The zero-order valence-corrected chi connectivity index (χ0v) is 8.88. The van der Waals surface area contributed by atoms with Crippen LogP contribution in [0.25, 0.3) is 11.0 Å². The van der Waals surface area contributed by atoms with Crippen LogP contribution in [0.2, 0.25) is 0 Å². The van der Waals surface area contributed by atoms with E-state index in [0.717, 1.165) is 5.58 Å². The van der Waals surface area contributed by atoms with Crippen LogP contribution in [0.1, 0.15) is 0 Å². The highest BCUT2D eigenvalue weighted by molar-refractivity contribution is 9.23. The van der Waals surface area contributed by atoms with E-state index in [-0.39, 0.29) is 18.2 Å². The van der Waals surface area contributed by atoms with Gasteiger partial charge in [-0.25, -0.2) is 0 Å². The fourth-order valence-corrected chi connectivity index (χ4v) is 3.12. The van der Waals surface area contributed by atoms with Crippen molar-refractivity contribution in [2.45, 2.75) is 0 Å². The standard InChI is InChI=1S/C8H5O.BrH.Mg/c1-2-4-8-7(3-1)5-6-9-8;;/h1-3,5-6H;1H;/q;;+1/p-1. The van der Waals surface area contributed by atoms with Gasteiger partial charge in [0.2, 0.25) is 0 Å². The molecule has 3 heteroatoms. The van der Waals surface area contributed by atoms with Crippen LogP contribution in [0.15, 0.2) is 34.9 Å². The summed E-state index contributed by atoms with van der Waals surface area (Å²) in [5, 5.41) is 1.20. The van der Waals surface area contributed by atoms with Gasteiger partial charge in [0.25, 0.3) is 0 Å². The van der Waals surface area contributed by atoms with E-state index >= 15 is 0 Å². The lowest BCUT2D eigenvalue weighted by molar-refractivity contribution is 0.618. The summed E-state index contributed by atoms with van der Waals surface area (Å²) >= 11 is 3.26.